The molecule has 0 bridgehead atoms. The summed E-state index contributed by atoms with van der Waals surface area (Å²) >= 11 is 0. The lowest BCUT2D eigenvalue weighted by Gasteiger charge is -2.33. The Bertz CT molecular complexity index is 282. The molecule has 5 nitrogen and oxygen atoms in total. The van der Waals surface area contributed by atoms with E-state index in [1.165, 1.54) is 7.11 Å². The van der Waals surface area contributed by atoms with Crippen LogP contribution in [0.5, 0.6) is 0 Å². The van der Waals surface area contributed by atoms with Crippen LogP contribution in [0.2, 0.25) is 0 Å². The number of hydrogen-bond donors (Lipinski definition) is 1. The number of likely N-dealkylation sites (N-methyl/N-ethyl adjacent to an activating group) is 1. The fraction of sp³-hybridized carbons (Fsp3) is 0.929. The van der Waals surface area contributed by atoms with Gasteiger partial charge in [-0.15, -0.1) is 0 Å². The monoisotopic (exact) mass is 272 g/mol. The SMILES string of the molecule is CCOCCN(CC)CC(C)(NC1CC1)C(=O)OC. The third-order valence-electron chi connectivity index (χ3n) is 3.48. The van der Waals surface area contributed by atoms with Crippen LogP contribution in [0.1, 0.15) is 33.6 Å². The third kappa shape index (κ3) is 5.47. The van der Waals surface area contributed by atoms with Crippen LogP contribution < -0.4 is 5.32 Å². The average molecular weight is 272 g/mol. The molecule has 0 amide bonds. The zero-order valence-electron chi connectivity index (χ0n) is 12.7. The van der Waals surface area contributed by atoms with Crippen molar-refractivity contribution >= 4 is 5.97 Å². The van der Waals surface area contributed by atoms with Crippen LogP contribution in [0.25, 0.3) is 0 Å². The molecule has 1 unspecified atom stereocenters. The first-order valence-electron chi connectivity index (χ1n) is 7.22. The molecule has 0 aromatic rings. The van der Waals surface area contributed by atoms with E-state index in [2.05, 4.69) is 17.1 Å². The summed E-state index contributed by atoms with van der Waals surface area (Å²) in [6.45, 7) is 9.83. The van der Waals surface area contributed by atoms with Gasteiger partial charge in [-0.05, 0) is 33.2 Å². The van der Waals surface area contributed by atoms with E-state index in [1.54, 1.807) is 0 Å². The normalized spacial score (nSPS) is 18.4. The minimum atomic E-state index is -0.627. The van der Waals surface area contributed by atoms with E-state index >= 15 is 0 Å². The highest BCUT2D eigenvalue weighted by atomic mass is 16.5. The van der Waals surface area contributed by atoms with Gasteiger partial charge in [0.1, 0.15) is 5.54 Å². The maximum absolute atomic E-state index is 12.0. The molecule has 1 fully saturated rings. The Morgan fingerprint density at radius 3 is 2.58 bits per heavy atom. The van der Waals surface area contributed by atoms with Crippen molar-refractivity contribution in [3.63, 3.8) is 0 Å². The predicted molar refractivity (Wildman–Crippen MR) is 75.2 cm³/mol. The molecule has 1 N–H and O–H groups in total. The van der Waals surface area contributed by atoms with Crippen LogP contribution in [-0.2, 0) is 14.3 Å². The Balaban J connectivity index is 2.54. The molecule has 0 heterocycles. The first kappa shape index (κ1) is 16.4. The van der Waals surface area contributed by atoms with Crippen LogP contribution in [-0.4, -0.2) is 62.4 Å². The summed E-state index contributed by atoms with van der Waals surface area (Å²) in [6.07, 6.45) is 2.30. The lowest BCUT2D eigenvalue weighted by Crippen LogP contribution is -2.58. The molecule has 1 atom stereocenters. The van der Waals surface area contributed by atoms with Gasteiger partial charge in [0.05, 0.1) is 13.7 Å². The molecule has 112 valence electrons. The van der Waals surface area contributed by atoms with Gasteiger partial charge in [-0.3, -0.25) is 15.0 Å². The molecule has 0 aliphatic heterocycles. The van der Waals surface area contributed by atoms with Crippen LogP contribution in [0.3, 0.4) is 0 Å². The second kappa shape index (κ2) is 7.82. The smallest absolute Gasteiger partial charge is 0.327 e. The maximum atomic E-state index is 12.0. The number of rotatable bonds is 10. The zero-order valence-corrected chi connectivity index (χ0v) is 12.7. The summed E-state index contributed by atoms with van der Waals surface area (Å²) in [5.74, 6) is -0.186. The van der Waals surface area contributed by atoms with E-state index in [9.17, 15) is 4.79 Å². The van der Waals surface area contributed by atoms with Gasteiger partial charge in [0.2, 0.25) is 0 Å². The molecule has 0 radical (unpaired) electrons. The number of hydrogen-bond acceptors (Lipinski definition) is 5. The fourth-order valence-corrected chi connectivity index (χ4v) is 2.21. The van der Waals surface area contributed by atoms with Gasteiger partial charge in [-0.25, -0.2) is 0 Å². The van der Waals surface area contributed by atoms with Crippen molar-refractivity contribution in [1.82, 2.24) is 10.2 Å². The van der Waals surface area contributed by atoms with Crippen molar-refractivity contribution in [2.75, 3.05) is 40.0 Å². The second-order valence-electron chi connectivity index (χ2n) is 5.31. The molecule has 0 aromatic carbocycles. The van der Waals surface area contributed by atoms with Gasteiger partial charge in [0, 0.05) is 25.7 Å². The Hall–Kier alpha value is -0.650. The quantitative estimate of drug-likeness (QED) is 0.475. The lowest BCUT2D eigenvalue weighted by atomic mass is 10.0. The van der Waals surface area contributed by atoms with E-state index < -0.39 is 5.54 Å². The van der Waals surface area contributed by atoms with E-state index in [0.29, 0.717) is 19.2 Å². The number of carbonyl (C=O) groups is 1. The molecule has 0 aromatic heterocycles. The van der Waals surface area contributed by atoms with Crippen LogP contribution in [0, 0.1) is 0 Å². The zero-order chi connectivity index (χ0) is 14.3. The van der Waals surface area contributed by atoms with Crippen molar-refractivity contribution in [3.05, 3.63) is 0 Å². The van der Waals surface area contributed by atoms with Crippen molar-refractivity contribution in [3.8, 4) is 0 Å². The second-order valence-corrected chi connectivity index (χ2v) is 5.31. The largest absolute Gasteiger partial charge is 0.468 e. The molecule has 1 rings (SSSR count). The van der Waals surface area contributed by atoms with Crippen molar-refractivity contribution in [1.29, 1.82) is 0 Å². The standard InChI is InChI=1S/C14H28N2O3/c1-5-16(9-10-19-6-2)11-14(3,13(17)18-4)15-12-7-8-12/h12,15H,5-11H2,1-4H3. The van der Waals surface area contributed by atoms with E-state index in [0.717, 1.165) is 32.5 Å². The van der Waals surface area contributed by atoms with E-state index in [4.69, 9.17) is 9.47 Å². The first-order chi connectivity index (χ1) is 9.05. The molecular weight excluding hydrogens is 244 g/mol. The Labute approximate surface area is 116 Å². The molecule has 1 saturated carbocycles. The number of methoxy groups -OCH3 is 1. The molecule has 1 aliphatic rings. The van der Waals surface area contributed by atoms with Crippen LogP contribution >= 0.6 is 0 Å². The van der Waals surface area contributed by atoms with Crippen LogP contribution in [0.15, 0.2) is 0 Å². The van der Waals surface area contributed by atoms with Gasteiger partial charge in [-0.2, -0.15) is 0 Å². The fourth-order valence-electron chi connectivity index (χ4n) is 2.21. The molecule has 0 spiro atoms. The minimum absolute atomic E-state index is 0.186. The number of nitrogens with one attached hydrogen (secondary N) is 1. The van der Waals surface area contributed by atoms with Crippen molar-refractivity contribution in [2.45, 2.75) is 45.2 Å². The highest BCUT2D eigenvalue weighted by Crippen LogP contribution is 2.23. The lowest BCUT2D eigenvalue weighted by molar-refractivity contribution is -0.149. The minimum Gasteiger partial charge on any atom is -0.468 e. The van der Waals surface area contributed by atoms with Gasteiger partial charge in [-0.1, -0.05) is 6.92 Å². The average Bonchev–Trinajstić information content (AvgIpc) is 3.20. The molecular formula is C14H28N2O3. The number of esters is 1. The number of carbonyl (C=O) groups excluding carboxylic acids is 1. The number of ether oxygens (including phenoxy) is 2. The van der Waals surface area contributed by atoms with E-state index in [-0.39, 0.29) is 5.97 Å². The van der Waals surface area contributed by atoms with E-state index in [1.807, 2.05) is 13.8 Å². The Morgan fingerprint density at radius 1 is 1.42 bits per heavy atom. The number of nitrogens with zero attached hydrogens (tertiary/aromatic N) is 1. The highest BCUT2D eigenvalue weighted by Gasteiger charge is 2.40. The van der Waals surface area contributed by atoms with Crippen LogP contribution in [0.4, 0.5) is 0 Å². The van der Waals surface area contributed by atoms with Gasteiger partial charge < -0.3 is 9.47 Å². The first-order valence-corrected chi connectivity index (χ1v) is 7.22. The van der Waals surface area contributed by atoms with Gasteiger partial charge >= 0.3 is 5.97 Å². The molecule has 5 heteroatoms. The summed E-state index contributed by atoms with van der Waals surface area (Å²) in [7, 11) is 1.45. The summed E-state index contributed by atoms with van der Waals surface area (Å²) in [5, 5.41) is 3.42. The molecule has 1 aliphatic carbocycles. The summed E-state index contributed by atoms with van der Waals surface area (Å²) < 4.78 is 10.3. The Morgan fingerprint density at radius 2 is 2.11 bits per heavy atom. The molecule has 19 heavy (non-hydrogen) atoms. The van der Waals surface area contributed by atoms with Crippen molar-refractivity contribution in [2.24, 2.45) is 0 Å². The Kier molecular flexibility index (Phi) is 6.75. The summed E-state index contributed by atoms with van der Waals surface area (Å²) in [6, 6.07) is 0.467. The van der Waals surface area contributed by atoms with Gasteiger partial charge in [0.15, 0.2) is 0 Å². The highest BCUT2D eigenvalue weighted by molar-refractivity contribution is 5.80. The topological polar surface area (TPSA) is 50.8 Å². The molecule has 0 saturated heterocycles. The summed E-state index contributed by atoms with van der Waals surface area (Å²) in [4.78, 5) is 14.3. The van der Waals surface area contributed by atoms with Gasteiger partial charge in [0.25, 0.3) is 0 Å². The maximum Gasteiger partial charge on any atom is 0.327 e. The predicted octanol–water partition coefficient (Wildman–Crippen LogP) is 1.03. The summed E-state index contributed by atoms with van der Waals surface area (Å²) in [5.41, 5.74) is -0.627. The third-order valence-corrected chi connectivity index (χ3v) is 3.48. The van der Waals surface area contributed by atoms with Crippen molar-refractivity contribution < 1.29 is 14.3 Å².